The van der Waals surface area contributed by atoms with Crippen molar-refractivity contribution < 1.29 is 0 Å². The van der Waals surface area contributed by atoms with Crippen molar-refractivity contribution in [1.29, 1.82) is 0 Å². The first-order chi connectivity index (χ1) is 9.70. The molecular weight excluding hydrogens is 293 g/mol. The molecule has 2 atom stereocenters. The van der Waals surface area contributed by atoms with Crippen molar-refractivity contribution in [1.82, 2.24) is 4.98 Å². The Balaban J connectivity index is 1.94. The molecule has 1 saturated heterocycles. The van der Waals surface area contributed by atoms with Gasteiger partial charge in [0.15, 0.2) is 0 Å². The molecule has 2 aliphatic rings. The van der Waals surface area contributed by atoms with Crippen LogP contribution in [0.5, 0.6) is 0 Å². The summed E-state index contributed by atoms with van der Waals surface area (Å²) in [6.07, 6.45) is 7.90. The molecule has 0 amide bonds. The minimum atomic E-state index is 0.582. The van der Waals surface area contributed by atoms with Crippen LogP contribution in [-0.4, -0.2) is 24.6 Å². The molecule has 0 spiro atoms. The first-order valence-corrected chi connectivity index (χ1v) is 8.26. The summed E-state index contributed by atoms with van der Waals surface area (Å²) < 4.78 is 0. The van der Waals surface area contributed by atoms with Crippen molar-refractivity contribution in [3.63, 3.8) is 0 Å². The fourth-order valence-corrected chi connectivity index (χ4v) is 4.28. The van der Waals surface area contributed by atoms with E-state index in [9.17, 15) is 0 Å². The molecule has 20 heavy (non-hydrogen) atoms. The van der Waals surface area contributed by atoms with E-state index in [1.807, 2.05) is 13.1 Å². The highest BCUT2D eigenvalue weighted by Gasteiger charge is 2.34. The monoisotopic (exact) mass is 313 g/mol. The minimum Gasteiger partial charge on any atom is -0.372 e. The van der Waals surface area contributed by atoms with Crippen molar-refractivity contribution >= 4 is 34.8 Å². The third-order valence-electron chi connectivity index (χ3n) is 4.66. The molecule has 3 rings (SSSR count). The average Bonchev–Trinajstić information content (AvgIpc) is 2.47. The molecule has 3 nitrogen and oxygen atoms in total. The minimum absolute atomic E-state index is 0.582. The number of hydrogen-bond acceptors (Lipinski definition) is 3. The zero-order valence-corrected chi connectivity index (χ0v) is 13.3. The standard InChI is InChI=1S/C15H21Cl2N3/c1-18-14-11(16)9-12(17)15(19-14)20-8-4-6-10-5-2-3-7-13(10)20/h9-10,13H,2-8H2,1H3,(H,18,19)/t10-,13-/m1/s1. The van der Waals surface area contributed by atoms with E-state index in [0.717, 1.165) is 18.3 Å². The second-order valence-corrected chi connectivity index (χ2v) is 6.64. The summed E-state index contributed by atoms with van der Waals surface area (Å²) in [4.78, 5) is 7.08. The van der Waals surface area contributed by atoms with Gasteiger partial charge in [-0.15, -0.1) is 0 Å². The van der Waals surface area contributed by atoms with E-state index in [0.29, 0.717) is 21.9 Å². The van der Waals surface area contributed by atoms with Gasteiger partial charge in [0.25, 0.3) is 0 Å². The highest BCUT2D eigenvalue weighted by Crippen LogP contribution is 2.40. The van der Waals surface area contributed by atoms with E-state index in [2.05, 4.69) is 15.2 Å². The average molecular weight is 314 g/mol. The van der Waals surface area contributed by atoms with Gasteiger partial charge < -0.3 is 10.2 Å². The molecule has 0 bridgehead atoms. The number of nitrogens with zero attached hydrogens (tertiary/aromatic N) is 2. The van der Waals surface area contributed by atoms with Crippen molar-refractivity contribution in [3.05, 3.63) is 16.1 Å². The lowest BCUT2D eigenvalue weighted by Crippen LogP contribution is -2.47. The van der Waals surface area contributed by atoms with Crippen molar-refractivity contribution in [2.75, 3.05) is 23.8 Å². The highest BCUT2D eigenvalue weighted by atomic mass is 35.5. The van der Waals surface area contributed by atoms with Crippen molar-refractivity contribution in [2.45, 2.75) is 44.6 Å². The molecule has 2 heterocycles. The van der Waals surface area contributed by atoms with E-state index in [1.54, 1.807) is 0 Å². The number of anilines is 2. The van der Waals surface area contributed by atoms with Crippen LogP contribution in [0.1, 0.15) is 38.5 Å². The SMILES string of the molecule is CNc1nc(N2CCC[C@H]3CCCC[C@H]32)c(Cl)cc1Cl. The Morgan fingerprint density at radius 2 is 1.90 bits per heavy atom. The zero-order chi connectivity index (χ0) is 14.1. The summed E-state index contributed by atoms with van der Waals surface area (Å²) in [5, 5.41) is 4.29. The Morgan fingerprint density at radius 3 is 2.70 bits per heavy atom. The lowest BCUT2D eigenvalue weighted by molar-refractivity contribution is 0.243. The van der Waals surface area contributed by atoms with Crippen LogP contribution < -0.4 is 10.2 Å². The number of nitrogens with one attached hydrogen (secondary N) is 1. The summed E-state index contributed by atoms with van der Waals surface area (Å²) >= 11 is 12.6. The second kappa shape index (κ2) is 5.98. The molecule has 2 fully saturated rings. The smallest absolute Gasteiger partial charge is 0.150 e. The van der Waals surface area contributed by atoms with Gasteiger partial charge >= 0.3 is 0 Å². The van der Waals surface area contributed by atoms with Crippen LogP contribution in [0.4, 0.5) is 11.6 Å². The molecule has 5 heteroatoms. The maximum atomic E-state index is 6.41. The second-order valence-electron chi connectivity index (χ2n) is 5.82. The molecule has 0 aromatic carbocycles. The van der Waals surface area contributed by atoms with Gasteiger partial charge in [-0.05, 0) is 37.7 Å². The summed E-state index contributed by atoms with van der Waals surface area (Å²) in [5.41, 5.74) is 0. The van der Waals surface area contributed by atoms with Gasteiger partial charge in [0.2, 0.25) is 0 Å². The quantitative estimate of drug-likeness (QED) is 0.865. The third-order valence-corrected chi connectivity index (χ3v) is 5.23. The van der Waals surface area contributed by atoms with Crippen LogP contribution in [0.3, 0.4) is 0 Å². The number of pyridine rings is 1. The van der Waals surface area contributed by atoms with Gasteiger partial charge in [0.05, 0.1) is 10.0 Å². The molecule has 1 aliphatic carbocycles. The third kappa shape index (κ3) is 2.58. The predicted molar refractivity (Wildman–Crippen MR) is 86.1 cm³/mol. The lowest BCUT2D eigenvalue weighted by atomic mass is 9.78. The van der Waals surface area contributed by atoms with Crippen LogP contribution in [0.25, 0.3) is 0 Å². The van der Waals surface area contributed by atoms with Crippen LogP contribution in [0, 0.1) is 5.92 Å². The molecule has 1 aromatic rings. The molecule has 0 radical (unpaired) electrons. The van der Waals surface area contributed by atoms with Gasteiger partial charge in [-0.3, -0.25) is 0 Å². The number of halogens is 2. The Kier molecular flexibility index (Phi) is 4.27. The fourth-order valence-electron chi connectivity index (χ4n) is 3.72. The Morgan fingerprint density at radius 1 is 1.15 bits per heavy atom. The molecule has 110 valence electrons. The Hall–Kier alpha value is -0.670. The number of hydrogen-bond donors (Lipinski definition) is 1. The fraction of sp³-hybridized carbons (Fsp3) is 0.667. The molecular formula is C15H21Cl2N3. The summed E-state index contributed by atoms with van der Waals surface area (Å²) in [7, 11) is 1.84. The van der Waals surface area contributed by atoms with Gasteiger partial charge in [-0.25, -0.2) is 4.98 Å². The van der Waals surface area contributed by atoms with Crippen LogP contribution in [0.2, 0.25) is 10.0 Å². The maximum Gasteiger partial charge on any atom is 0.150 e. The largest absolute Gasteiger partial charge is 0.372 e. The summed E-state index contributed by atoms with van der Waals surface area (Å²) in [5.74, 6) is 2.42. The van der Waals surface area contributed by atoms with Gasteiger partial charge in [-0.1, -0.05) is 36.0 Å². The zero-order valence-electron chi connectivity index (χ0n) is 11.8. The van der Waals surface area contributed by atoms with Gasteiger partial charge in [0.1, 0.15) is 11.6 Å². The van der Waals surface area contributed by atoms with E-state index >= 15 is 0 Å². The first-order valence-electron chi connectivity index (χ1n) is 7.51. The first kappa shape index (κ1) is 14.3. The molecule has 1 N–H and O–H groups in total. The summed E-state index contributed by atoms with van der Waals surface area (Å²) in [6, 6.07) is 2.41. The van der Waals surface area contributed by atoms with Crippen LogP contribution in [-0.2, 0) is 0 Å². The molecule has 1 aromatic heterocycles. The Labute approximate surface area is 130 Å². The Bertz CT molecular complexity index is 490. The number of piperidine rings is 1. The highest BCUT2D eigenvalue weighted by molar-refractivity contribution is 6.37. The maximum absolute atomic E-state index is 6.41. The van der Waals surface area contributed by atoms with E-state index in [-0.39, 0.29) is 0 Å². The molecule has 0 unspecified atom stereocenters. The van der Waals surface area contributed by atoms with Gasteiger partial charge in [0, 0.05) is 19.6 Å². The number of aromatic nitrogens is 1. The normalized spacial score (nSPS) is 26.2. The lowest BCUT2D eigenvalue weighted by Gasteiger charge is -2.45. The van der Waals surface area contributed by atoms with Crippen molar-refractivity contribution in [2.24, 2.45) is 5.92 Å². The topological polar surface area (TPSA) is 28.2 Å². The van der Waals surface area contributed by atoms with Crippen molar-refractivity contribution in [3.8, 4) is 0 Å². The molecule has 1 saturated carbocycles. The van der Waals surface area contributed by atoms with E-state index in [1.165, 1.54) is 38.5 Å². The van der Waals surface area contributed by atoms with Crippen LogP contribution in [0.15, 0.2) is 6.07 Å². The summed E-state index contributed by atoms with van der Waals surface area (Å²) in [6.45, 7) is 1.05. The van der Waals surface area contributed by atoms with E-state index < -0.39 is 0 Å². The number of fused-ring (bicyclic) bond motifs is 1. The number of rotatable bonds is 2. The van der Waals surface area contributed by atoms with Gasteiger partial charge in [-0.2, -0.15) is 0 Å². The van der Waals surface area contributed by atoms with Crippen LogP contribution >= 0.6 is 23.2 Å². The predicted octanol–water partition coefficient (Wildman–Crippen LogP) is 4.59. The van der Waals surface area contributed by atoms with E-state index in [4.69, 9.17) is 23.2 Å². The molecule has 1 aliphatic heterocycles.